The Kier molecular flexibility index (Phi) is 3.29. The van der Waals surface area contributed by atoms with Crippen LogP contribution in [0.3, 0.4) is 0 Å². The van der Waals surface area contributed by atoms with Crippen molar-refractivity contribution in [3.8, 4) is 0 Å². The zero-order chi connectivity index (χ0) is 11.5. The van der Waals surface area contributed by atoms with Crippen LogP contribution in [0.5, 0.6) is 0 Å². The number of rotatable bonds is 2. The first-order valence-corrected chi connectivity index (χ1v) is 5.43. The summed E-state index contributed by atoms with van der Waals surface area (Å²) in [5, 5.41) is 4.14. The lowest BCUT2D eigenvalue weighted by Crippen LogP contribution is -2.42. The van der Waals surface area contributed by atoms with Gasteiger partial charge in [0.15, 0.2) is 7.28 Å². The van der Waals surface area contributed by atoms with Crippen LogP contribution in [0.15, 0.2) is 10.9 Å². The average Bonchev–Trinajstić information content (AvgIpc) is 2.33. The normalized spacial score (nSPS) is 16.2. The zero-order valence-corrected chi connectivity index (χ0v) is 9.64. The number of aryl methyl sites for hydroxylation is 1. The van der Waals surface area contributed by atoms with Crippen LogP contribution in [0.2, 0.25) is 6.82 Å². The molecule has 5 nitrogen and oxygen atoms in total. The second kappa shape index (κ2) is 4.70. The molecule has 85 valence electrons. The highest BCUT2D eigenvalue weighted by molar-refractivity contribution is 6.50. The van der Waals surface area contributed by atoms with Crippen molar-refractivity contribution in [3.05, 3.63) is 16.4 Å². The van der Waals surface area contributed by atoms with Crippen LogP contribution in [0, 0.1) is 0 Å². The van der Waals surface area contributed by atoms with Crippen molar-refractivity contribution < 1.29 is 4.74 Å². The number of hydrogen-bond acceptors (Lipinski definition) is 4. The summed E-state index contributed by atoms with van der Waals surface area (Å²) in [7, 11) is 3.57. The van der Waals surface area contributed by atoms with E-state index in [-0.39, 0.29) is 5.56 Å². The highest BCUT2D eigenvalue weighted by Crippen LogP contribution is 2.07. The van der Waals surface area contributed by atoms with Crippen LogP contribution in [0.25, 0.3) is 0 Å². The van der Waals surface area contributed by atoms with E-state index in [1.54, 1.807) is 7.05 Å². The minimum Gasteiger partial charge on any atom is -0.378 e. The molecule has 1 aromatic rings. The number of nitrogens with zero attached hydrogens (tertiary/aromatic N) is 3. The van der Waals surface area contributed by atoms with Crippen molar-refractivity contribution in [1.82, 2.24) is 9.78 Å². The van der Waals surface area contributed by atoms with E-state index in [1.165, 1.54) is 4.68 Å². The van der Waals surface area contributed by atoms with Crippen molar-refractivity contribution in [3.63, 3.8) is 0 Å². The predicted octanol–water partition coefficient (Wildman–Crippen LogP) is -1.01. The average molecular weight is 220 g/mol. The quantitative estimate of drug-likeness (QED) is 0.599. The first-order valence-electron chi connectivity index (χ1n) is 5.43. The summed E-state index contributed by atoms with van der Waals surface area (Å²) >= 11 is 0. The lowest BCUT2D eigenvalue weighted by atomic mass is 9.78. The van der Waals surface area contributed by atoms with Gasteiger partial charge in [-0.15, -0.1) is 0 Å². The molecule has 0 spiro atoms. The van der Waals surface area contributed by atoms with E-state index < -0.39 is 0 Å². The maximum atomic E-state index is 11.9. The maximum Gasteiger partial charge on any atom is 0.289 e. The monoisotopic (exact) mass is 220 g/mol. The molecule has 0 atom stereocenters. The van der Waals surface area contributed by atoms with Crippen LogP contribution in [-0.2, 0) is 11.8 Å². The lowest BCUT2D eigenvalue weighted by molar-refractivity contribution is 0.122. The third kappa shape index (κ3) is 2.11. The highest BCUT2D eigenvalue weighted by Gasteiger charge is 2.16. The Hall–Kier alpha value is -1.30. The minimum absolute atomic E-state index is 0.0486. The van der Waals surface area contributed by atoms with Crippen LogP contribution in [0.4, 0.5) is 5.69 Å². The van der Waals surface area contributed by atoms with Gasteiger partial charge >= 0.3 is 0 Å². The van der Waals surface area contributed by atoms with E-state index in [0.29, 0.717) is 18.9 Å². The largest absolute Gasteiger partial charge is 0.378 e. The second-order valence-electron chi connectivity index (χ2n) is 3.77. The number of ether oxygens (including phenoxy) is 1. The van der Waals surface area contributed by atoms with E-state index in [4.69, 9.17) is 4.74 Å². The third-order valence-electron chi connectivity index (χ3n) is 2.71. The van der Waals surface area contributed by atoms with Gasteiger partial charge in [-0.05, 0) is 6.07 Å². The van der Waals surface area contributed by atoms with E-state index in [2.05, 4.69) is 10.00 Å². The standard InChI is InChI=1S/C10H15BN3O2/c1-11-9-7-8(10(15)13(2)12-9)14-3-5-16-6-4-14/h7H,3-6H2,1-2H3. The number of hydrogen-bond donors (Lipinski definition) is 0. The molecule has 1 aliphatic heterocycles. The van der Waals surface area contributed by atoms with Crippen molar-refractivity contribution in [2.75, 3.05) is 31.2 Å². The van der Waals surface area contributed by atoms with Gasteiger partial charge in [-0.1, -0.05) is 6.82 Å². The number of aromatic nitrogens is 2. The summed E-state index contributed by atoms with van der Waals surface area (Å²) in [5.74, 6) is 0. The molecule has 1 saturated heterocycles. The smallest absolute Gasteiger partial charge is 0.289 e. The minimum atomic E-state index is -0.0486. The van der Waals surface area contributed by atoms with Crippen LogP contribution in [0.1, 0.15) is 0 Å². The van der Waals surface area contributed by atoms with E-state index in [1.807, 2.05) is 20.2 Å². The first-order chi connectivity index (χ1) is 7.72. The summed E-state index contributed by atoms with van der Waals surface area (Å²) < 4.78 is 6.66. The van der Waals surface area contributed by atoms with Crippen molar-refractivity contribution in [2.45, 2.75) is 6.82 Å². The zero-order valence-electron chi connectivity index (χ0n) is 9.64. The predicted molar refractivity (Wildman–Crippen MR) is 63.8 cm³/mol. The van der Waals surface area contributed by atoms with E-state index in [9.17, 15) is 4.79 Å². The van der Waals surface area contributed by atoms with Gasteiger partial charge in [-0.25, -0.2) is 4.68 Å². The third-order valence-corrected chi connectivity index (χ3v) is 2.71. The van der Waals surface area contributed by atoms with Crippen molar-refractivity contribution in [1.29, 1.82) is 0 Å². The molecule has 1 radical (unpaired) electrons. The summed E-state index contributed by atoms with van der Waals surface area (Å²) in [5.41, 5.74) is 1.49. The Morgan fingerprint density at radius 2 is 2.12 bits per heavy atom. The molecule has 1 aliphatic rings. The fraction of sp³-hybridized carbons (Fsp3) is 0.600. The van der Waals surface area contributed by atoms with E-state index >= 15 is 0 Å². The molecule has 0 aromatic carbocycles. The fourth-order valence-corrected chi connectivity index (χ4v) is 1.79. The SMILES string of the molecule is C[B]c1cc(N2CCOCC2)c(=O)n(C)n1. The first kappa shape index (κ1) is 11.2. The molecule has 0 N–H and O–H groups in total. The molecule has 0 aliphatic carbocycles. The summed E-state index contributed by atoms with van der Waals surface area (Å²) in [4.78, 5) is 14.0. The van der Waals surface area contributed by atoms with Gasteiger partial charge in [0, 0.05) is 25.7 Å². The molecule has 1 aromatic heterocycles. The Morgan fingerprint density at radius 3 is 2.75 bits per heavy atom. The lowest BCUT2D eigenvalue weighted by Gasteiger charge is -2.28. The molecule has 0 unspecified atom stereocenters. The second-order valence-corrected chi connectivity index (χ2v) is 3.77. The fourth-order valence-electron chi connectivity index (χ4n) is 1.79. The number of morpholine rings is 1. The van der Waals surface area contributed by atoms with Gasteiger partial charge in [-0.2, -0.15) is 5.10 Å². The van der Waals surface area contributed by atoms with Gasteiger partial charge in [0.05, 0.1) is 13.2 Å². The molecule has 0 bridgehead atoms. The molecule has 0 amide bonds. The summed E-state index contributed by atoms with van der Waals surface area (Å²) in [6.45, 7) is 4.80. The van der Waals surface area contributed by atoms with Crippen LogP contribution in [-0.4, -0.2) is 43.4 Å². The van der Waals surface area contributed by atoms with Crippen LogP contribution < -0.4 is 16.1 Å². The Balaban J connectivity index is 2.37. The molecule has 6 heteroatoms. The topological polar surface area (TPSA) is 47.4 Å². The van der Waals surface area contributed by atoms with Gasteiger partial charge in [0.1, 0.15) is 5.69 Å². The molecule has 2 heterocycles. The Morgan fingerprint density at radius 1 is 1.44 bits per heavy atom. The summed E-state index contributed by atoms with van der Waals surface area (Å²) in [6.07, 6.45) is 0. The molecule has 2 rings (SSSR count). The molecular weight excluding hydrogens is 205 g/mol. The van der Waals surface area contributed by atoms with Crippen molar-refractivity contribution in [2.24, 2.45) is 7.05 Å². The maximum absolute atomic E-state index is 11.9. The molecular formula is C10H15BN3O2. The van der Waals surface area contributed by atoms with Crippen molar-refractivity contribution >= 4 is 18.6 Å². The molecule has 0 saturated carbocycles. The van der Waals surface area contributed by atoms with Gasteiger partial charge < -0.3 is 9.64 Å². The highest BCUT2D eigenvalue weighted by atomic mass is 16.5. The van der Waals surface area contributed by atoms with E-state index in [0.717, 1.165) is 18.7 Å². The molecule has 1 fully saturated rings. The Bertz CT molecular complexity index is 427. The van der Waals surface area contributed by atoms with Gasteiger partial charge in [0.2, 0.25) is 0 Å². The van der Waals surface area contributed by atoms with Crippen LogP contribution >= 0.6 is 0 Å². The Labute approximate surface area is 95.3 Å². The number of anilines is 1. The molecule has 16 heavy (non-hydrogen) atoms. The van der Waals surface area contributed by atoms with Gasteiger partial charge in [0.25, 0.3) is 5.56 Å². The summed E-state index contributed by atoms with van der Waals surface area (Å²) in [6, 6.07) is 1.84. The van der Waals surface area contributed by atoms with Gasteiger partial charge in [-0.3, -0.25) is 4.79 Å².